The first-order valence-corrected chi connectivity index (χ1v) is 6.27. The molecule has 7 nitrogen and oxygen atoms in total. The summed E-state index contributed by atoms with van der Waals surface area (Å²) in [6.07, 6.45) is 1.20. The van der Waals surface area contributed by atoms with Gasteiger partial charge in [-0.05, 0) is 18.2 Å². The first-order chi connectivity index (χ1) is 10.5. The predicted molar refractivity (Wildman–Crippen MR) is 79.7 cm³/mol. The summed E-state index contributed by atoms with van der Waals surface area (Å²) in [5.41, 5.74) is 0.275. The van der Waals surface area contributed by atoms with E-state index in [1.165, 1.54) is 30.5 Å². The number of aliphatic imine (C=N–C) groups is 1. The summed E-state index contributed by atoms with van der Waals surface area (Å²) in [7, 11) is 0. The third-order valence-electron chi connectivity index (χ3n) is 2.86. The SMILES string of the molecule is O=C(CN=Cc1cc([N+](=O)[O-])ccc1O)c1cccc(O)c1. The van der Waals surface area contributed by atoms with Crippen LogP contribution in [0, 0.1) is 10.1 Å². The van der Waals surface area contributed by atoms with Crippen molar-refractivity contribution in [2.45, 2.75) is 0 Å². The van der Waals surface area contributed by atoms with E-state index in [9.17, 15) is 25.1 Å². The summed E-state index contributed by atoms with van der Waals surface area (Å²) < 4.78 is 0. The van der Waals surface area contributed by atoms with E-state index < -0.39 is 4.92 Å². The third-order valence-corrected chi connectivity index (χ3v) is 2.86. The van der Waals surface area contributed by atoms with Crippen molar-refractivity contribution in [3.63, 3.8) is 0 Å². The molecule has 0 spiro atoms. The van der Waals surface area contributed by atoms with E-state index in [0.29, 0.717) is 5.56 Å². The normalized spacial score (nSPS) is 10.7. The highest BCUT2D eigenvalue weighted by atomic mass is 16.6. The van der Waals surface area contributed by atoms with Gasteiger partial charge in [-0.15, -0.1) is 0 Å². The van der Waals surface area contributed by atoms with Crippen LogP contribution < -0.4 is 0 Å². The van der Waals surface area contributed by atoms with Gasteiger partial charge in [-0.1, -0.05) is 12.1 Å². The molecule has 112 valence electrons. The lowest BCUT2D eigenvalue weighted by Gasteiger charge is -2.00. The molecule has 0 aliphatic carbocycles. The number of benzene rings is 2. The molecule has 0 radical (unpaired) electrons. The maximum atomic E-state index is 11.9. The molecule has 2 aromatic carbocycles. The first-order valence-electron chi connectivity index (χ1n) is 6.27. The summed E-state index contributed by atoms with van der Waals surface area (Å²) in [6.45, 7) is -0.203. The molecule has 0 amide bonds. The number of nitro benzene ring substituents is 1. The van der Waals surface area contributed by atoms with Gasteiger partial charge in [-0.25, -0.2) is 0 Å². The van der Waals surface area contributed by atoms with E-state index in [-0.39, 0.29) is 35.1 Å². The van der Waals surface area contributed by atoms with E-state index in [0.717, 1.165) is 6.07 Å². The Labute approximate surface area is 125 Å². The molecule has 0 bridgehead atoms. The lowest BCUT2D eigenvalue weighted by atomic mass is 10.1. The predicted octanol–water partition coefficient (Wildman–Crippen LogP) is 2.31. The van der Waals surface area contributed by atoms with Crippen LogP contribution in [0.4, 0.5) is 5.69 Å². The number of carbonyl (C=O) groups is 1. The van der Waals surface area contributed by atoms with Gasteiger partial charge in [0.25, 0.3) is 5.69 Å². The second-order valence-electron chi connectivity index (χ2n) is 4.44. The Morgan fingerprint density at radius 1 is 1.23 bits per heavy atom. The second-order valence-corrected chi connectivity index (χ2v) is 4.44. The van der Waals surface area contributed by atoms with Crippen LogP contribution in [0.1, 0.15) is 15.9 Å². The van der Waals surface area contributed by atoms with Crippen LogP contribution >= 0.6 is 0 Å². The van der Waals surface area contributed by atoms with E-state index in [2.05, 4.69) is 4.99 Å². The zero-order valence-corrected chi connectivity index (χ0v) is 11.3. The van der Waals surface area contributed by atoms with Crippen molar-refractivity contribution in [2.24, 2.45) is 4.99 Å². The molecule has 22 heavy (non-hydrogen) atoms. The second kappa shape index (κ2) is 6.49. The van der Waals surface area contributed by atoms with E-state index >= 15 is 0 Å². The van der Waals surface area contributed by atoms with Crippen LogP contribution in [0.3, 0.4) is 0 Å². The summed E-state index contributed by atoms with van der Waals surface area (Å²) in [5, 5.41) is 29.6. The molecule has 0 heterocycles. The number of nitrogens with zero attached hydrogens (tertiary/aromatic N) is 2. The van der Waals surface area contributed by atoms with Crippen LogP contribution in [-0.4, -0.2) is 33.7 Å². The lowest BCUT2D eigenvalue weighted by Crippen LogP contribution is -2.03. The molecule has 0 atom stereocenters. The number of hydrogen-bond donors (Lipinski definition) is 2. The van der Waals surface area contributed by atoms with Crippen LogP contribution in [0.15, 0.2) is 47.5 Å². The number of phenolic OH excluding ortho intramolecular Hbond substituents is 2. The fraction of sp³-hybridized carbons (Fsp3) is 0.0667. The van der Waals surface area contributed by atoms with Crippen LogP contribution in [0.2, 0.25) is 0 Å². The number of aromatic hydroxyl groups is 2. The van der Waals surface area contributed by atoms with Gasteiger partial charge in [-0.3, -0.25) is 19.9 Å². The number of ketones is 1. The van der Waals surface area contributed by atoms with Crippen molar-refractivity contribution in [3.8, 4) is 11.5 Å². The Balaban J connectivity index is 2.11. The fourth-order valence-electron chi connectivity index (χ4n) is 1.76. The average molecular weight is 300 g/mol. The Hall–Kier alpha value is -3.22. The Morgan fingerprint density at radius 2 is 2.00 bits per heavy atom. The molecule has 0 unspecified atom stereocenters. The Morgan fingerprint density at radius 3 is 2.68 bits per heavy atom. The van der Waals surface area contributed by atoms with Crippen LogP contribution in [-0.2, 0) is 0 Å². The molecule has 2 N–H and O–H groups in total. The number of rotatable bonds is 5. The summed E-state index contributed by atoms with van der Waals surface area (Å²) in [4.78, 5) is 25.8. The minimum Gasteiger partial charge on any atom is -0.508 e. The van der Waals surface area contributed by atoms with Crippen molar-refractivity contribution in [3.05, 3.63) is 63.7 Å². The molecule has 0 saturated carbocycles. The van der Waals surface area contributed by atoms with Gasteiger partial charge >= 0.3 is 0 Å². The van der Waals surface area contributed by atoms with Gasteiger partial charge in [0.15, 0.2) is 5.78 Å². The molecule has 0 aromatic heterocycles. The molecule has 7 heteroatoms. The monoisotopic (exact) mass is 300 g/mol. The van der Waals surface area contributed by atoms with E-state index in [1.54, 1.807) is 12.1 Å². The minimum absolute atomic E-state index is 0.0221. The Bertz CT molecular complexity index is 755. The highest BCUT2D eigenvalue weighted by molar-refractivity contribution is 5.99. The molecule has 0 fully saturated rings. The maximum absolute atomic E-state index is 11.9. The molecule has 2 aromatic rings. The standard InChI is InChI=1S/C15H12N2O5/c18-13-3-1-2-10(7-13)15(20)9-16-8-11-6-12(17(21)22)4-5-14(11)19/h1-8,18-19H,9H2. The number of non-ortho nitro benzene ring substituents is 1. The smallest absolute Gasteiger partial charge is 0.270 e. The van der Waals surface area contributed by atoms with Crippen molar-refractivity contribution in [2.75, 3.05) is 6.54 Å². The van der Waals surface area contributed by atoms with E-state index in [1.807, 2.05) is 0 Å². The van der Waals surface area contributed by atoms with Gasteiger partial charge in [0, 0.05) is 29.5 Å². The fourth-order valence-corrected chi connectivity index (χ4v) is 1.76. The van der Waals surface area contributed by atoms with Gasteiger partial charge in [0.2, 0.25) is 0 Å². The molecular weight excluding hydrogens is 288 g/mol. The van der Waals surface area contributed by atoms with Gasteiger partial charge < -0.3 is 10.2 Å². The highest BCUT2D eigenvalue weighted by Crippen LogP contribution is 2.21. The number of carbonyl (C=O) groups excluding carboxylic acids is 1. The summed E-state index contributed by atoms with van der Waals surface area (Å²) in [5.74, 6) is -0.512. The quantitative estimate of drug-likeness (QED) is 0.381. The molecule has 0 aliphatic rings. The number of phenols is 2. The van der Waals surface area contributed by atoms with Crippen molar-refractivity contribution >= 4 is 17.7 Å². The van der Waals surface area contributed by atoms with Gasteiger partial charge in [-0.2, -0.15) is 0 Å². The molecule has 0 aliphatic heterocycles. The third kappa shape index (κ3) is 3.66. The molecular formula is C15H12N2O5. The minimum atomic E-state index is -0.589. The number of hydrogen-bond acceptors (Lipinski definition) is 6. The van der Waals surface area contributed by atoms with Gasteiger partial charge in [0.1, 0.15) is 18.0 Å². The maximum Gasteiger partial charge on any atom is 0.270 e. The largest absolute Gasteiger partial charge is 0.508 e. The summed E-state index contributed by atoms with van der Waals surface area (Å²) in [6, 6.07) is 9.38. The van der Waals surface area contributed by atoms with Crippen molar-refractivity contribution in [1.82, 2.24) is 0 Å². The van der Waals surface area contributed by atoms with Crippen LogP contribution in [0.5, 0.6) is 11.5 Å². The molecule has 2 rings (SSSR count). The number of nitro groups is 1. The first kappa shape index (κ1) is 15.2. The average Bonchev–Trinajstić information content (AvgIpc) is 2.48. The van der Waals surface area contributed by atoms with Crippen molar-refractivity contribution < 1.29 is 19.9 Å². The van der Waals surface area contributed by atoms with Crippen molar-refractivity contribution in [1.29, 1.82) is 0 Å². The zero-order chi connectivity index (χ0) is 16.1. The number of Topliss-reactive ketones (excluding diaryl/α,β-unsaturated/α-hetero) is 1. The molecule has 0 saturated heterocycles. The lowest BCUT2D eigenvalue weighted by molar-refractivity contribution is -0.384. The van der Waals surface area contributed by atoms with Crippen LogP contribution in [0.25, 0.3) is 0 Å². The summed E-state index contributed by atoms with van der Waals surface area (Å²) >= 11 is 0. The highest BCUT2D eigenvalue weighted by Gasteiger charge is 2.09. The van der Waals surface area contributed by atoms with Gasteiger partial charge in [0.05, 0.1) is 4.92 Å². The van der Waals surface area contributed by atoms with E-state index in [4.69, 9.17) is 0 Å². The Kier molecular flexibility index (Phi) is 4.47. The topological polar surface area (TPSA) is 113 Å². The zero-order valence-electron chi connectivity index (χ0n) is 11.3.